The Labute approximate surface area is 137 Å². The van der Waals surface area contributed by atoms with Gasteiger partial charge in [0, 0.05) is 37.8 Å². The van der Waals surface area contributed by atoms with Crippen molar-refractivity contribution in [1.29, 1.82) is 0 Å². The highest BCUT2D eigenvalue weighted by molar-refractivity contribution is 7.99. The third-order valence-electron chi connectivity index (χ3n) is 4.18. The lowest BCUT2D eigenvalue weighted by Gasteiger charge is -2.29. The van der Waals surface area contributed by atoms with Crippen molar-refractivity contribution >= 4 is 17.7 Å². The molecule has 1 saturated carbocycles. The highest BCUT2D eigenvalue weighted by atomic mass is 32.2. The van der Waals surface area contributed by atoms with Crippen molar-refractivity contribution in [3.8, 4) is 0 Å². The van der Waals surface area contributed by atoms with E-state index in [1.807, 2.05) is 18.8 Å². The molecule has 1 aliphatic rings. The molecule has 1 fully saturated rings. The zero-order chi connectivity index (χ0) is 15.8. The number of nitrogens with zero attached hydrogens (tertiary/aromatic N) is 4. The van der Waals surface area contributed by atoms with Crippen LogP contribution in [0.15, 0.2) is 11.3 Å². The van der Waals surface area contributed by atoms with E-state index in [4.69, 9.17) is 0 Å². The summed E-state index contributed by atoms with van der Waals surface area (Å²) in [7, 11) is 1.83. The Morgan fingerprint density at radius 1 is 1.50 bits per heavy atom. The summed E-state index contributed by atoms with van der Waals surface area (Å²) in [4.78, 5) is 4.34. The van der Waals surface area contributed by atoms with Crippen LogP contribution in [-0.4, -0.2) is 51.9 Å². The lowest BCUT2D eigenvalue weighted by atomic mass is 9.95. The van der Waals surface area contributed by atoms with Crippen LogP contribution in [0.1, 0.15) is 38.4 Å². The largest absolute Gasteiger partial charge is 0.355 e. The molecule has 6 nitrogen and oxygen atoms in total. The molecule has 0 amide bonds. The smallest absolute Gasteiger partial charge is 0.191 e. The van der Waals surface area contributed by atoms with E-state index < -0.39 is 0 Å². The molecule has 0 aromatic carbocycles. The van der Waals surface area contributed by atoms with Gasteiger partial charge in [-0.1, -0.05) is 13.3 Å². The molecule has 0 aliphatic heterocycles. The van der Waals surface area contributed by atoms with Gasteiger partial charge in [-0.15, -0.1) is 10.2 Å². The lowest BCUT2D eigenvalue weighted by Crippen LogP contribution is -2.46. The Hall–Kier alpha value is -1.24. The maximum atomic E-state index is 4.34. The van der Waals surface area contributed by atoms with Crippen molar-refractivity contribution < 1.29 is 0 Å². The maximum Gasteiger partial charge on any atom is 0.191 e. The molecule has 2 N–H and O–H groups in total. The molecule has 1 aliphatic carbocycles. The zero-order valence-corrected chi connectivity index (χ0v) is 14.7. The van der Waals surface area contributed by atoms with Gasteiger partial charge in [0.15, 0.2) is 5.96 Å². The molecule has 0 bridgehead atoms. The van der Waals surface area contributed by atoms with Gasteiger partial charge in [0.1, 0.15) is 12.2 Å². The molecule has 22 heavy (non-hydrogen) atoms. The molecular formula is C15H28N6S. The Morgan fingerprint density at radius 2 is 2.36 bits per heavy atom. The van der Waals surface area contributed by atoms with Crippen molar-refractivity contribution in [2.45, 2.75) is 56.9 Å². The molecule has 7 heteroatoms. The van der Waals surface area contributed by atoms with Gasteiger partial charge in [-0.05, 0) is 25.5 Å². The van der Waals surface area contributed by atoms with Gasteiger partial charge in [-0.3, -0.25) is 4.99 Å². The van der Waals surface area contributed by atoms with Crippen molar-refractivity contribution in [2.75, 3.05) is 19.8 Å². The molecule has 0 radical (unpaired) electrons. The normalized spacial score (nSPS) is 22.6. The fourth-order valence-corrected chi connectivity index (χ4v) is 3.74. The van der Waals surface area contributed by atoms with E-state index in [1.54, 1.807) is 6.33 Å². The summed E-state index contributed by atoms with van der Waals surface area (Å²) in [6, 6.07) is 0.540. The van der Waals surface area contributed by atoms with Crippen LogP contribution in [0, 0.1) is 0 Å². The van der Waals surface area contributed by atoms with E-state index in [0.717, 1.165) is 36.5 Å². The van der Waals surface area contributed by atoms with Crippen LogP contribution in [0.4, 0.5) is 0 Å². The fourth-order valence-electron chi connectivity index (χ4n) is 2.91. The van der Waals surface area contributed by atoms with Crippen LogP contribution in [0.2, 0.25) is 0 Å². The monoisotopic (exact) mass is 324 g/mol. The number of rotatable bonds is 6. The molecule has 2 unspecified atom stereocenters. The van der Waals surface area contributed by atoms with Gasteiger partial charge in [0.25, 0.3) is 0 Å². The predicted molar refractivity (Wildman–Crippen MR) is 93.5 cm³/mol. The van der Waals surface area contributed by atoms with Crippen molar-refractivity contribution in [2.24, 2.45) is 4.99 Å². The summed E-state index contributed by atoms with van der Waals surface area (Å²) < 4.78 is 2.09. The fraction of sp³-hybridized carbons (Fsp3) is 0.800. The number of aliphatic imine (C=N–C) groups is 1. The minimum absolute atomic E-state index is 0.540. The van der Waals surface area contributed by atoms with Crippen LogP contribution in [0.5, 0.6) is 0 Å². The Bertz CT molecular complexity index is 472. The molecular weight excluding hydrogens is 296 g/mol. The summed E-state index contributed by atoms with van der Waals surface area (Å²) >= 11 is 1.99. The third-order valence-corrected chi connectivity index (χ3v) is 5.28. The molecule has 2 rings (SSSR count). The first-order chi connectivity index (χ1) is 10.8. The standard InChI is InChI=1S/C15H28N6S/c1-4-14-20-18-11-21(14)9-8-17-15(16-2)19-12-6-5-7-13(10-12)22-3/h11-13H,4-10H2,1-3H3,(H2,16,17,19). The molecule has 1 heterocycles. The van der Waals surface area contributed by atoms with E-state index in [1.165, 1.54) is 25.7 Å². The summed E-state index contributed by atoms with van der Waals surface area (Å²) in [5.74, 6) is 1.93. The summed E-state index contributed by atoms with van der Waals surface area (Å²) in [6.07, 6.45) is 10.0. The van der Waals surface area contributed by atoms with Gasteiger partial charge in [-0.2, -0.15) is 11.8 Å². The lowest BCUT2D eigenvalue weighted by molar-refractivity contribution is 0.418. The van der Waals surface area contributed by atoms with E-state index >= 15 is 0 Å². The van der Waals surface area contributed by atoms with Gasteiger partial charge in [0.2, 0.25) is 0 Å². The van der Waals surface area contributed by atoms with E-state index in [0.29, 0.717) is 6.04 Å². The SMILES string of the molecule is CCc1nncn1CCNC(=NC)NC1CCCC(SC)C1. The summed E-state index contributed by atoms with van der Waals surface area (Å²) in [5, 5.41) is 15.8. The Balaban J connectivity index is 1.75. The topological polar surface area (TPSA) is 67.1 Å². The van der Waals surface area contributed by atoms with Gasteiger partial charge < -0.3 is 15.2 Å². The number of aromatic nitrogens is 3. The number of hydrogen-bond acceptors (Lipinski definition) is 4. The van der Waals surface area contributed by atoms with Crippen molar-refractivity contribution in [1.82, 2.24) is 25.4 Å². The molecule has 0 spiro atoms. The Morgan fingerprint density at radius 3 is 3.09 bits per heavy atom. The first kappa shape index (κ1) is 17.1. The van der Waals surface area contributed by atoms with Crippen LogP contribution in [0.25, 0.3) is 0 Å². The second-order valence-corrected chi connectivity index (χ2v) is 6.80. The quantitative estimate of drug-likeness (QED) is 0.615. The van der Waals surface area contributed by atoms with Gasteiger partial charge >= 0.3 is 0 Å². The van der Waals surface area contributed by atoms with Crippen molar-refractivity contribution in [3.05, 3.63) is 12.2 Å². The van der Waals surface area contributed by atoms with E-state index in [-0.39, 0.29) is 0 Å². The summed E-state index contributed by atoms with van der Waals surface area (Å²) in [5.41, 5.74) is 0. The molecule has 2 atom stereocenters. The molecule has 124 valence electrons. The number of thioether (sulfide) groups is 1. The van der Waals surface area contributed by atoms with Gasteiger partial charge in [0.05, 0.1) is 0 Å². The minimum Gasteiger partial charge on any atom is -0.355 e. The maximum absolute atomic E-state index is 4.34. The molecule has 1 aromatic rings. The van der Waals surface area contributed by atoms with Crippen LogP contribution in [0.3, 0.4) is 0 Å². The minimum atomic E-state index is 0.540. The van der Waals surface area contributed by atoms with E-state index in [9.17, 15) is 0 Å². The van der Waals surface area contributed by atoms with Crippen LogP contribution in [-0.2, 0) is 13.0 Å². The highest BCUT2D eigenvalue weighted by Gasteiger charge is 2.21. The Kier molecular flexibility index (Phi) is 7.02. The first-order valence-electron chi connectivity index (χ1n) is 8.13. The zero-order valence-electron chi connectivity index (χ0n) is 13.9. The number of aryl methyl sites for hydroxylation is 1. The number of guanidine groups is 1. The summed E-state index contributed by atoms with van der Waals surface area (Å²) in [6.45, 7) is 3.78. The van der Waals surface area contributed by atoms with Crippen LogP contribution < -0.4 is 10.6 Å². The number of nitrogens with one attached hydrogen (secondary N) is 2. The third kappa shape index (κ3) is 4.90. The van der Waals surface area contributed by atoms with Crippen molar-refractivity contribution in [3.63, 3.8) is 0 Å². The average Bonchev–Trinajstić information content (AvgIpc) is 3.01. The first-order valence-corrected chi connectivity index (χ1v) is 9.42. The van der Waals surface area contributed by atoms with Crippen LogP contribution >= 0.6 is 11.8 Å². The molecule has 1 aromatic heterocycles. The predicted octanol–water partition coefficient (Wildman–Crippen LogP) is 1.68. The molecule has 0 saturated heterocycles. The number of hydrogen-bond donors (Lipinski definition) is 2. The second-order valence-electron chi connectivity index (χ2n) is 5.66. The second kappa shape index (κ2) is 9.02. The van der Waals surface area contributed by atoms with E-state index in [2.05, 4.69) is 43.6 Å². The highest BCUT2D eigenvalue weighted by Crippen LogP contribution is 2.26. The average molecular weight is 324 g/mol. The van der Waals surface area contributed by atoms with Gasteiger partial charge in [-0.25, -0.2) is 0 Å².